The number of fused-ring (bicyclic) bond motifs is 1. The van der Waals surface area contributed by atoms with E-state index < -0.39 is 31.7 Å². The van der Waals surface area contributed by atoms with Gasteiger partial charge in [-0.1, -0.05) is 34.8 Å². The molecule has 4 nitrogen and oxygen atoms in total. The van der Waals surface area contributed by atoms with E-state index in [1.165, 1.54) is 17.4 Å². The summed E-state index contributed by atoms with van der Waals surface area (Å²) in [5.74, 6) is 0. The molecule has 0 atom stereocenters. The Bertz CT molecular complexity index is 1470. The molecule has 0 radical (unpaired) electrons. The van der Waals surface area contributed by atoms with Crippen molar-refractivity contribution in [1.29, 1.82) is 0 Å². The number of hydrogen-bond donors (Lipinski definition) is 1. The van der Waals surface area contributed by atoms with Crippen LogP contribution in [-0.2, 0) is 22.6 Å². The normalized spacial score (nSPS) is 12.3. The van der Waals surface area contributed by atoms with Gasteiger partial charge in [0, 0.05) is 16.5 Å². The summed E-state index contributed by atoms with van der Waals surface area (Å²) in [6, 6.07) is 12.0. The summed E-state index contributed by atoms with van der Waals surface area (Å²) >= 11 is 19.5. The molecule has 1 N–H and O–H groups in total. The Kier molecular flexibility index (Phi) is 6.54. The van der Waals surface area contributed by atoms with Crippen molar-refractivity contribution in [2.45, 2.75) is 17.5 Å². The zero-order valence-electron chi connectivity index (χ0n) is 16.3. The zero-order chi connectivity index (χ0) is 24.0. The van der Waals surface area contributed by atoms with Gasteiger partial charge in [-0.3, -0.25) is 4.72 Å². The standard InChI is InChI=1S/C21H12Cl3F3N2O2S2/c22-13-2-3-18-17(10-13)28-20(32-18)7-11-5-14(23)9-15(6-11)29-33(30,31)19-4-1-12(8-16(19)24)21(25,26)27/h1-6,8-10,29H,7H2. The number of nitrogens with zero attached hydrogens (tertiary/aromatic N) is 1. The van der Waals surface area contributed by atoms with Crippen LogP contribution < -0.4 is 4.72 Å². The molecule has 0 unspecified atom stereocenters. The molecule has 33 heavy (non-hydrogen) atoms. The van der Waals surface area contributed by atoms with E-state index in [4.69, 9.17) is 34.8 Å². The number of thiazole rings is 1. The van der Waals surface area contributed by atoms with Crippen molar-refractivity contribution in [2.24, 2.45) is 0 Å². The number of nitrogens with one attached hydrogen (secondary N) is 1. The molecule has 0 spiro atoms. The molecule has 12 heteroatoms. The third-order valence-electron chi connectivity index (χ3n) is 4.51. The van der Waals surface area contributed by atoms with Gasteiger partial charge in [0.15, 0.2) is 0 Å². The number of alkyl halides is 3. The van der Waals surface area contributed by atoms with Crippen molar-refractivity contribution in [3.63, 3.8) is 0 Å². The minimum absolute atomic E-state index is 0.137. The lowest BCUT2D eigenvalue weighted by molar-refractivity contribution is -0.137. The molecule has 1 heterocycles. The summed E-state index contributed by atoms with van der Waals surface area (Å²) in [4.78, 5) is 4.05. The highest BCUT2D eigenvalue weighted by Gasteiger charge is 2.32. The van der Waals surface area contributed by atoms with Crippen molar-refractivity contribution in [3.8, 4) is 0 Å². The van der Waals surface area contributed by atoms with Gasteiger partial charge in [-0.25, -0.2) is 13.4 Å². The number of sulfonamides is 1. The Hall–Kier alpha value is -2.04. The van der Waals surface area contributed by atoms with E-state index in [0.717, 1.165) is 21.3 Å². The van der Waals surface area contributed by atoms with Crippen LogP contribution in [0.5, 0.6) is 0 Å². The lowest BCUT2D eigenvalue weighted by Crippen LogP contribution is -2.14. The Labute approximate surface area is 206 Å². The van der Waals surface area contributed by atoms with Crippen LogP contribution in [0, 0.1) is 0 Å². The van der Waals surface area contributed by atoms with Crippen LogP contribution in [0.1, 0.15) is 16.1 Å². The van der Waals surface area contributed by atoms with Crippen molar-refractivity contribution in [2.75, 3.05) is 4.72 Å². The van der Waals surface area contributed by atoms with Gasteiger partial charge in [0.05, 0.1) is 31.5 Å². The molecule has 0 amide bonds. The second-order valence-corrected chi connectivity index (χ2v) is 11.0. The summed E-state index contributed by atoms with van der Waals surface area (Å²) in [6.45, 7) is 0. The molecule has 4 aromatic rings. The molecule has 0 aliphatic heterocycles. The van der Waals surface area contributed by atoms with Crippen molar-refractivity contribution in [1.82, 2.24) is 4.98 Å². The molecular weight excluding hydrogens is 540 g/mol. The Morgan fingerprint density at radius 1 is 0.939 bits per heavy atom. The van der Waals surface area contributed by atoms with E-state index >= 15 is 0 Å². The van der Waals surface area contributed by atoms with Crippen LogP contribution in [-0.4, -0.2) is 13.4 Å². The van der Waals surface area contributed by atoms with E-state index in [2.05, 4.69) is 9.71 Å². The van der Waals surface area contributed by atoms with Crippen LogP contribution in [0.25, 0.3) is 10.2 Å². The van der Waals surface area contributed by atoms with E-state index in [9.17, 15) is 21.6 Å². The first-order chi connectivity index (χ1) is 15.4. The molecule has 172 valence electrons. The lowest BCUT2D eigenvalue weighted by Gasteiger charge is -2.13. The number of rotatable bonds is 5. The summed E-state index contributed by atoms with van der Waals surface area (Å²) in [6.07, 6.45) is -4.26. The van der Waals surface area contributed by atoms with Crippen molar-refractivity contribution < 1.29 is 21.6 Å². The largest absolute Gasteiger partial charge is 0.416 e. The second-order valence-electron chi connectivity index (χ2n) is 6.99. The average molecular weight is 552 g/mol. The first-order valence-corrected chi connectivity index (χ1v) is 12.6. The van der Waals surface area contributed by atoms with Crippen LogP contribution in [0.15, 0.2) is 59.5 Å². The molecule has 0 saturated heterocycles. The fourth-order valence-electron chi connectivity index (χ4n) is 3.12. The Balaban J connectivity index is 1.61. The molecular formula is C21H12Cl3F3N2O2S2. The first kappa shape index (κ1) is 24.1. The second kappa shape index (κ2) is 8.96. The summed E-state index contributed by atoms with van der Waals surface area (Å²) in [7, 11) is -4.27. The summed E-state index contributed by atoms with van der Waals surface area (Å²) in [5.41, 5.74) is 0.525. The molecule has 0 aliphatic rings. The number of benzene rings is 3. The predicted molar refractivity (Wildman–Crippen MR) is 126 cm³/mol. The molecule has 0 bridgehead atoms. The predicted octanol–water partition coefficient (Wildman–Crippen LogP) is 7.67. The van der Waals surface area contributed by atoms with E-state index in [1.54, 1.807) is 24.3 Å². The van der Waals surface area contributed by atoms with Crippen LogP contribution >= 0.6 is 46.1 Å². The monoisotopic (exact) mass is 550 g/mol. The van der Waals surface area contributed by atoms with Gasteiger partial charge in [0.2, 0.25) is 0 Å². The maximum atomic E-state index is 12.8. The van der Waals surface area contributed by atoms with Crippen LogP contribution in [0.4, 0.5) is 18.9 Å². The van der Waals surface area contributed by atoms with Gasteiger partial charge in [-0.15, -0.1) is 11.3 Å². The number of anilines is 1. The highest BCUT2D eigenvalue weighted by Crippen LogP contribution is 2.34. The molecule has 0 saturated carbocycles. The van der Waals surface area contributed by atoms with Gasteiger partial charge in [-0.2, -0.15) is 13.2 Å². The minimum atomic E-state index is -4.65. The van der Waals surface area contributed by atoms with Gasteiger partial charge in [-0.05, 0) is 60.2 Å². The van der Waals surface area contributed by atoms with E-state index in [-0.39, 0.29) is 10.7 Å². The van der Waals surface area contributed by atoms with Crippen LogP contribution in [0.2, 0.25) is 15.1 Å². The fourth-order valence-corrected chi connectivity index (χ4v) is 6.11. The quantitative estimate of drug-likeness (QED) is 0.277. The maximum Gasteiger partial charge on any atom is 0.416 e. The lowest BCUT2D eigenvalue weighted by atomic mass is 10.1. The van der Waals surface area contributed by atoms with Crippen molar-refractivity contribution >= 4 is 72.1 Å². The SMILES string of the molecule is O=S(=O)(Nc1cc(Cl)cc(Cc2nc3cc(Cl)ccc3s2)c1)c1ccc(C(F)(F)F)cc1Cl. The summed E-state index contributed by atoms with van der Waals surface area (Å²) in [5, 5.41) is 1.07. The Morgan fingerprint density at radius 3 is 2.39 bits per heavy atom. The molecule has 0 aliphatic carbocycles. The highest BCUT2D eigenvalue weighted by molar-refractivity contribution is 7.92. The van der Waals surface area contributed by atoms with Crippen LogP contribution in [0.3, 0.4) is 0 Å². The minimum Gasteiger partial charge on any atom is -0.280 e. The number of aromatic nitrogens is 1. The molecule has 1 aromatic heterocycles. The third kappa shape index (κ3) is 5.55. The number of hydrogen-bond acceptors (Lipinski definition) is 4. The fraction of sp³-hybridized carbons (Fsp3) is 0.0952. The van der Waals surface area contributed by atoms with Gasteiger partial charge in [0.1, 0.15) is 4.90 Å². The highest BCUT2D eigenvalue weighted by atomic mass is 35.5. The maximum absolute atomic E-state index is 12.8. The molecule has 4 rings (SSSR count). The third-order valence-corrected chi connectivity index (χ3v) is 7.86. The van der Waals surface area contributed by atoms with E-state index in [1.807, 2.05) is 6.07 Å². The average Bonchev–Trinajstić information content (AvgIpc) is 3.07. The van der Waals surface area contributed by atoms with Gasteiger partial charge >= 0.3 is 6.18 Å². The molecule has 3 aromatic carbocycles. The van der Waals surface area contributed by atoms with E-state index in [0.29, 0.717) is 29.1 Å². The first-order valence-electron chi connectivity index (χ1n) is 9.15. The smallest absolute Gasteiger partial charge is 0.280 e. The topological polar surface area (TPSA) is 59.1 Å². The van der Waals surface area contributed by atoms with Gasteiger partial charge in [0.25, 0.3) is 10.0 Å². The Morgan fingerprint density at radius 2 is 1.70 bits per heavy atom. The molecule has 0 fully saturated rings. The van der Waals surface area contributed by atoms with Gasteiger partial charge < -0.3 is 0 Å². The summed E-state index contributed by atoms with van der Waals surface area (Å²) < 4.78 is 67.4. The zero-order valence-corrected chi connectivity index (χ0v) is 20.2. The number of halogens is 6. The van der Waals surface area contributed by atoms with Crippen molar-refractivity contribution in [3.05, 3.63) is 85.8 Å².